The van der Waals surface area contributed by atoms with Gasteiger partial charge in [0.25, 0.3) is 0 Å². The molecule has 19 heavy (non-hydrogen) atoms. The van der Waals surface area contributed by atoms with Gasteiger partial charge in [0.1, 0.15) is 0 Å². The van der Waals surface area contributed by atoms with Gasteiger partial charge in [0.15, 0.2) is 0 Å². The van der Waals surface area contributed by atoms with E-state index in [0.29, 0.717) is 0 Å². The van der Waals surface area contributed by atoms with Crippen molar-refractivity contribution in [2.75, 3.05) is 7.05 Å². The van der Waals surface area contributed by atoms with Crippen LogP contribution < -0.4 is 5.32 Å². The van der Waals surface area contributed by atoms with E-state index >= 15 is 0 Å². The first-order valence-corrected chi connectivity index (χ1v) is 7.25. The molecule has 0 aliphatic carbocycles. The summed E-state index contributed by atoms with van der Waals surface area (Å²) in [6, 6.07) is 6.42. The molecule has 0 saturated heterocycles. The maximum atomic E-state index is 4.49. The third kappa shape index (κ3) is 3.42. The average Bonchev–Trinajstić information content (AvgIpc) is 2.77. The van der Waals surface area contributed by atoms with Crippen LogP contribution in [0, 0.1) is 6.92 Å². The van der Waals surface area contributed by atoms with Crippen LogP contribution in [-0.4, -0.2) is 21.8 Å². The van der Waals surface area contributed by atoms with Crippen LogP contribution in [0.3, 0.4) is 0 Å². The Kier molecular flexibility index (Phi) is 4.71. The van der Waals surface area contributed by atoms with Gasteiger partial charge in [-0.05, 0) is 55.0 Å². The highest BCUT2D eigenvalue weighted by molar-refractivity contribution is 9.10. The molecular formula is C14H19BrN4. The molecule has 2 heterocycles. The molecule has 102 valence electrons. The van der Waals surface area contributed by atoms with Gasteiger partial charge in [-0.3, -0.25) is 9.67 Å². The van der Waals surface area contributed by atoms with E-state index in [4.69, 9.17) is 0 Å². The molecule has 1 N–H and O–H groups in total. The topological polar surface area (TPSA) is 42.7 Å². The standard InChI is InChI=1S/C14H19BrN4/c1-4-19-12(7-10(2)18-19)8-14(16-3)13-6-5-11(15)9-17-13/h5-7,9,14,16H,4,8H2,1-3H3. The lowest BCUT2D eigenvalue weighted by Crippen LogP contribution is -2.21. The highest BCUT2D eigenvalue weighted by Crippen LogP contribution is 2.18. The monoisotopic (exact) mass is 322 g/mol. The zero-order valence-corrected chi connectivity index (χ0v) is 13.1. The molecular weight excluding hydrogens is 304 g/mol. The second-order valence-corrected chi connectivity index (χ2v) is 5.46. The Morgan fingerprint density at radius 2 is 2.21 bits per heavy atom. The van der Waals surface area contributed by atoms with Crippen LogP contribution in [0.5, 0.6) is 0 Å². The number of hydrogen-bond donors (Lipinski definition) is 1. The summed E-state index contributed by atoms with van der Waals surface area (Å²) in [6.45, 7) is 5.04. The van der Waals surface area contributed by atoms with Crippen LogP contribution in [0.15, 0.2) is 28.9 Å². The van der Waals surface area contributed by atoms with Crippen molar-refractivity contribution < 1.29 is 0 Å². The third-order valence-electron chi connectivity index (χ3n) is 3.15. The maximum absolute atomic E-state index is 4.49. The molecule has 0 aliphatic rings. The summed E-state index contributed by atoms with van der Waals surface area (Å²) in [5, 5.41) is 7.81. The van der Waals surface area contributed by atoms with Gasteiger partial charge >= 0.3 is 0 Å². The SMILES string of the molecule is CCn1nc(C)cc1CC(NC)c1ccc(Br)cn1. The summed E-state index contributed by atoms with van der Waals surface area (Å²) in [6.07, 6.45) is 2.72. The summed E-state index contributed by atoms with van der Waals surface area (Å²) in [5.74, 6) is 0. The second-order valence-electron chi connectivity index (χ2n) is 4.54. The Hall–Kier alpha value is -1.20. The minimum Gasteiger partial charge on any atom is -0.311 e. The van der Waals surface area contributed by atoms with Crippen LogP contribution in [0.1, 0.15) is 30.0 Å². The Labute approximate surface area is 122 Å². The normalized spacial score (nSPS) is 12.6. The number of halogens is 1. The van der Waals surface area contributed by atoms with Gasteiger partial charge in [0.2, 0.25) is 0 Å². The van der Waals surface area contributed by atoms with E-state index < -0.39 is 0 Å². The zero-order chi connectivity index (χ0) is 13.8. The van der Waals surface area contributed by atoms with Crippen molar-refractivity contribution in [1.29, 1.82) is 0 Å². The molecule has 5 heteroatoms. The lowest BCUT2D eigenvalue weighted by Gasteiger charge is -2.16. The van der Waals surface area contributed by atoms with Crippen LogP contribution in [-0.2, 0) is 13.0 Å². The van der Waals surface area contributed by atoms with Crippen LogP contribution >= 0.6 is 15.9 Å². The molecule has 0 fully saturated rings. The molecule has 0 aliphatic heterocycles. The van der Waals surface area contributed by atoms with Gasteiger partial charge in [-0.2, -0.15) is 5.10 Å². The molecule has 0 saturated carbocycles. The lowest BCUT2D eigenvalue weighted by molar-refractivity contribution is 0.531. The second kappa shape index (κ2) is 6.30. The zero-order valence-electron chi connectivity index (χ0n) is 11.5. The van der Waals surface area contributed by atoms with E-state index in [2.05, 4.69) is 49.0 Å². The van der Waals surface area contributed by atoms with Gasteiger partial charge in [0, 0.05) is 29.3 Å². The first-order chi connectivity index (χ1) is 9.13. The molecule has 1 atom stereocenters. The average molecular weight is 323 g/mol. The van der Waals surface area contributed by atoms with E-state index in [-0.39, 0.29) is 6.04 Å². The van der Waals surface area contributed by atoms with Crippen LogP contribution in [0.25, 0.3) is 0 Å². The third-order valence-corrected chi connectivity index (χ3v) is 3.62. The fraction of sp³-hybridized carbons (Fsp3) is 0.429. The van der Waals surface area contributed by atoms with Crippen LogP contribution in [0.4, 0.5) is 0 Å². The van der Waals surface area contributed by atoms with E-state index in [1.165, 1.54) is 5.69 Å². The maximum Gasteiger partial charge on any atom is 0.0596 e. The minimum absolute atomic E-state index is 0.203. The fourth-order valence-corrected chi connectivity index (χ4v) is 2.43. The van der Waals surface area contributed by atoms with E-state index in [1.54, 1.807) is 0 Å². The van der Waals surface area contributed by atoms with E-state index in [0.717, 1.165) is 28.8 Å². The number of pyridine rings is 1. The Morgan fingerprint density at radius 1 is 1.42 bits per heavy atom. The predicted octanol–water partition coefficient (Wildman–Crippen LogP) is 2.87. The van der Waals surface area contributed by atoms with Gasteiger partial charge in [-0.25, -0.2) is 0 Å². The summed E-state index contributed by atoms with van der Waals surface area (Å²) in [7, 11) is 1.97. The summed E-state index contributed by atoms with van der Waals surface area (Å²) in [4.78, 5) is 4.47. The van der Waals surface area contributed by atoms with Crippen LogP contribution in [0.2, 0.25) is 0 Å². The number of nitrogens with one attached hydrogen (secondary N) is 1. The molecule has 0 amide bonds. The highest BCUT2D eigenvalue weighted by Gasteiger charge is 2.14. The number of nitrogens with zero attached hydrogens (tertiary/aromatic N) is 3. The largest absolute Gasteiger partial charge is 0.311 e. The summed E-state index contributed by atoms with van der Waals surface area (Å²) >= 11 is 3.41. The highest BCUT2D eigenvalue weighted by atomic mass is 79.9. The molecule has 2 rings (SSSR count). The van der Waals surface area contributed by atoms with E-state index in [9.17, 15) is 0 Å². The molecule has 0 spiro atoms. The quantitative estimate of drug-likeness (QED) is 0.920. The summed E-state index contributed by atoms with van der Waals surface area (Å²) in [5.41, 5.74) is 3.35. The van der Waals surface area contributed by atoms with Gasteiger partial charge in [-0.1, -0.05) is 0 Å². The van der Waals surface area contributed by atoms with Gasteiger partial charge in [-0.15, -0.1) is 0 Å². The Morgan fingerprint density at radius 3 is 2.79 bits per heavy atom. The van der Waals surface area contributed by atoms with Crippen molar-refractivity contribution in [3.63, 3.8) is 0 Å². The molecule has 0 aromatic carbocycles. The van der Waals surface area contributed by atoms with Gasteiger partial charge < -0.3 is 5.32 Å². The summed E-state index contributed by atoms with van der Waals surface area (Å²) < 4.78 is 3.05. The Balaban J connectivity index is 2.21. The van der Waals surface area contributed by atoms with Crippen molar-refractivity contribution in [1.82, 2.24) is 20.1 Å². The Bertz CT molecular complexity index is 533. The molecule has 0 radical (unpaired) electrons. The molecule has 1 unspecified atom stereocenters. The van der Waals surface area contributed by atoms with Crippen molar-refractivity contribution in [2.24, 2.45) is 0 Å². The van der Waals surface area contributed by atoms with Crippen molar-refractivity contribution >= 4 is 15.9 Å². The lowest BCUT2D eigenvalue weighted by atomic mass is 10.1. The minimum atomic E-state index is 0.203. The number of aryl methyl sites for hydroxylation is 2. The first-order valence-electron chi connectivity index (χ1n) is 6.46. The van der Waals surface area contributed by atoms with Gasteiger partial charge in [0.05, 0.1) is 17.4 Å². The molecule has 2 aromatic heterocycles. The molecule has 2 aromatic rings. The number of hydrogen-bond acceptors (Lipinski definition) is 3. The van der Waals surface area contributed by atoms with Crippen molar-refractivity contribution in [3.05, 3.63) is 46.0 Å². The molecule has 0 bridgehead atoms. The number of aromatic nitrogens is 3. The predicted molar refractivity (Wildman–Crippen MR) is 80.1 cm³/mol. The first kappa shape index (κ1) is 14.2. The van der Waals surface area contributed by atoms with Crippen molar-refractivity contribution in [3.8, 4) is 0 Å². The van der Waals surface area contributed by atoms with Crippen molar-refractivity contribution in [2.45, 2.75) is 32.9 Å². The molecule has 4 nitrogen and oxygen atoms in total. The van der Waals surface area contributed by atoms with E-state index in [1.807, 2.05) is 32.3 Å². The number of likely N-dealkylation sites (N-methyl/N-ethyl adjacent to an activating group) is 1. The number of rotatable bonds is 5. The fourth-order valence-electron chi connectivity index (χ4n) is 2.19. The smallest absolute Gasteiger partial charge is 0.0596 e.